The van der Waals surface area contributed by atoms with Crippen molar-refractivity contribution in [2.45, 2.75) is 19.3 Å². The van der Waals surface area contributed by atoms with E-state index in [0.29, 0.717) is 17.2 Å². The summed E-state index contributed by atoms with van der Waals surface area (Å²) >= 11 is 0. The third kappa shape index (κ3) is 3.67. The smallest absolute Gasteiger partial charge is 0.253 e. The predicted molar refractivity (Wildman–Crippen MR) is 85.5 cm³/mol. The number of anilines is 2. The lowest BCUT2D eigenvalue weighted by molar-refractivity contribution is 0.0827. The van der Waals surface area contributed by atoms with Gasteiger partial charge >= 0.3 is 0 Å². The molecule has 1 atom stereocenters. The molecule has 0 radical (unpaired) electrons. The molecule has 0 aromatic heterocycles. The highest BCUT2D eigenvalue weighted by atomic mass is 16.3. The van der Waals surface area contributed by atoms with Crippen LogP contribution in [-0.2, 0) is 0 Å². The summed E-state index contributed by atoms with van der Waals surface area (Å²) in [6, 6.07) is 5.53. The third-order valence-corrected chi connectivity index (χ3v) is 4.08. The van der Waals surface area contributed by atoms with Crippen molar-refractivity contribution in [1.82, 2.24) is 4.90 Å². The van der Waals surface area contributed by atoms with E-state index in [1.54, 1.807) is 25.1 Å². The minimum atomic E-state index is -0.0370. The summed E-state index contributed by atoms with van der Waals surface area (Å²) < 4.78 is 0. The first-order valence-electron chi connectivity index (χ1n) is 7.50. The Balaban J connectivity index is 2.15. The van der Waals surface area contributed by atoms with Gasteiger partial charge in [-0.15, -0.1) is 0 Å². The number of amides is 1. The number of nitrogen functional groups attached to an aromatic ring is 1. The number of carbonyl (C=O) groups excluding carboxylic acids is 1. The molecule has 1 unspecified atom stereocenters. The van der Waals surface area contributed by atoms with Gasteiger partial charge in [0.2, 0.25) is 0 Å². The number of nitrogens with zero attached hydrogens (tertiary/aromatic N) is 2. The zero-order valence-corrected chi connectivity index (χ0v) is 12.9. The zero-order chi connectivity index (χ0) is 15.4. The number of piperidine rings is 1. The Kier molecular flexibility index (Phi) is 5.07. The maximum atomic E-state index is 12.0. The summed E-state index contributed by atoms with van der Waals surface area (Å²) in [5.41, 5.74) is 8.40. The van der Waals surface area contributed by atoms with Gasteiger partial charge in [-0.3, -0.25) is 4.79 Å². The molecule has 5 nitrogen and oxygen atoms in total. The SMILES string of the molecule is CN(C)C(=O)c1ccc(N2CCCC(CCO)C2)c(N)c1. The molecule has 1 aromatic carbocycles. The van der Waals surface area contributed by atoms with Crippen molar-refractivity contribution < 1.29 is 9.90 Å². The molecule has 5 heteroatoms. The van der Waals surface area contributed by atoms with Crippen LogP contribution in [0.3, 0.4) is 0 Å². The van der Waals surface area contributed by atoms with Gasteiger partial charge in [-0.25, -0.2) is 0 Å². The molecular weight excluding hydrogens is 266 g/mol. The molecule has 116 valence electrons. The lowest BCUT2D eigenvalue weighted by Gasteiger charge is -2.35. The Labute approximate surface area is 126 Å². The summed E-state index contributed by atoms with van der Waals surface area (Å²) in [6.07, 6.45) is 3.12. The molecule has 3 N–H and O–H groups in total. The average molecular weight is 291 g/mol. The van der Waals surface area contributed by atoms with Gasteiger partial charge in [-0.2, -0.15) is 0 Å². The molecule has 1 aliphatic heterocycles. The largest absolute Gasteiger partial charge is 0.397 e. The summed E-state index contributed by atoms with van der Waals surface area (Å²) in [5, 5.41) is 9.09. The molecule has 1 amide bonds. The van der Waals surface area contributed by atoms with Crippen molar-refractivity contribution in [3.8, 4) is 0 Å². The monoisotopic (exact) mass is 291 g/mol. The van der Waals surface area contributed by atoms with Gasteiger partial charge in [0.15, 0.2) is 0 Å². The van der Waals surface area contributed by atoms with Crippen LogP contribution in [0.15, 0.2) is 18.2 Å². The van der Waals surface area contributed by atoms with Gasteiger partial charge in [-0.1, -0.05) is 0 Å². The number of benzene rings is 1. The molecule has 2 rings (SSSR count). The van der Waals surface area contributed by atoms with E-state index in [-0.39, 0.29) is 12.5 Å². The fourth-order valence-corrected chi connectivity index (χ4v) is 2.94. The standard InChI is InChI=1S/C16H25N3O2/c1-18(2)16(21)13-5-6-15(14(17)10-13)19-8-3-4-12(11-19)7-9-20/h5-6,10,12,20H,3-4,7-9,11,17H2,1-2H3. The van der Waals surface area contributed by atoms with E-state index >= 15 is 0 Å². The fraction of sp³-hybridized carbons (Fsp3) is 0.562. The maximum Gasteiger partial charge on any atom is 0.253 e. The summed E-state index contributed by atoms with van der Waals surface area (Å²) in [7, 11) is 3.47. The minimum Gasteiger partial charge on any atom is -0.397 e. The first kappa shape index (κ1) is 15.6. The molecule has 21 heavy (non-hydrogen) atoms. The van der Waals surface area contributed by atoms with Crippen LogP contribution in [0, 0.1) is 5.92 Å². The molecule has 0 aliphatic carbocycles. The van der Waals surface area contributed by atoms with Gasteiger partial charge in [-0.05, 0) is 43.4 Å². The Morgan fingerprint density at radius 3 is 2.86 bits per heavy atom. The van der Waals surface area contributed by atoms with Gasteiger partial charge < -0.3 is 20.6 Å². The number of hydrogen-bond acceptors (Lipinski definition) is 4. The average Bonchev–Trinajstić information content (AvgIpc) is 2.47. The first-order chi connectivity index (χ1) is 10.0. The van der Waals surface area contributed by atoms with E-state index in [1.807, 2.05) is 12.1 Å². The van der Waals surface area contributed by atoms with Crippen LogP contribution in [0.5, 0.6) is 0 Å². The molecule has 1 aliphatic rings. The first-order valence-corrected chi connectivity index (χ1v) is 7.50. The highest BCUT2D eigenvalue weighted by Crippen LogP contribution is 2.30. The molecule has 1 fully saturated rings. The summed E-state index contributed by atoms with van der Waals surface area (Å²) in [5.74, 6) is 0.483. The van der Waals surface area contributed by atoms with Crippen molar-refractivity contribution in [3.63, 3.8) is 0 Å². The molecule has 0 bridgehead atoms. The van der Waals surface area contributed by atoms with Crippen LogP contribution in [-0.4, -0.2) is 49.7 Å². The number of aliphatic hydroxyl groups excluding tert-OH is 1. The molecule has 1 saturated heterocycles. The molecule has 1 heterocycles. The Bertz CT molecular complexity index is 500. The van der Waals surface area contributed by atoms with Crippen LogP contribution >= 0.6 is 0 Å². The van der Waals surface area contributed by atoms with Crippen LogP contribution in [0.4, 0.5) is 11.4 Å². The molecule has 0 saturated carbocycles. The number of aliphatic hydroxyl groups is 1. The second-order valence-corrected chi connectivity index (χ2v) is 5.94. The molecular formula is C16H25N3O2. The quantitative estimate of drug-likeness (QED) is 0.826. The van der Waals surface area contributed by atoms with E-state index in [9.17, 15) is 4.79 Å². The second kappa shape index (κ2) is 6.80. The van der Waals surface area contributed by atoms with E-state index in [0.717, 1.165) is 38.0 Å². The van der Waals surface area contributed by atoms with Crippen molar-refractivity contribution in [1.29, 1.82) is 0 Å². The van der Waals surface area contributed by atoms with E-state index in [2.05, 4.69) is 4.90 Å². The normalized spacial score (nSPS) is 18.6. The number of nitrogens with two attached hydrogens (primary N) is 1. The molecule has 0 spiro atoms. The van der Waals surface area contributed by atoms with Crippen molar-refractivity contribution >= 4 is 17.3 Å². The van der Waals surface area contributed by atoms with Crippen LogP contribution in [0.2, 0.25) is 0 Å². The lowest BCUT2D eigenvalue weighted by Crippen LogP contribution is -2.36. The Morgan fingerprint density at radius 2 is 2.24 bits per heavy atom. The van der Waals surface area contributed by atoms with Crippen molar-refractivity contribution in [3.05, 3.63) is 23.8 Å². The van der Waals surface area contributed by atoms with E-state index < -0.39 is 0 Å². The number of hydrogen-bond donors (Lipinski definition) is 2. The molecule has 1 aromatic rings. The van der Waals surface area contributed by atoms with Gasteiger partial charge in [0, 0.05) is 39.4 Å². The Morgan fingerprint density at radius 1 is 1.48 bits per heavy atom. The topological polar surface area (TPSA) is 69.8 Å². The number of rotatable bonds is 4. The number of carbonyl (C=O) groups is 1. The van der Waals surface area contributed by atoms with Crippen LogP contribution in [0.25, 0.3) is 0 Å². The van der Waals surface area contributed by atoms with Gasteiger partial charge in [0.1, 0.15) is 0 Å². The van der Waals surface area contributed by atoms with Crippen molar-refractivity contribution in [2.24, 2.45) is 5.92 Å². The summed E-state index contributed by atoms with van der Waals surface area (Å²) in [4.78, 5) is 15.8. The highest BCUT2D eigenvalue weighted by Gasteiger charge is 2.21. The second-order valence-electron chi connectivity index (χ2n) is 5.94. The maximum absolute atomic E-state index is 12.0. The fourth-order valence-electron chi connectivity index (χ4n) is 2.94. The summed E-state index contributed by atoms with van der Waals surface area (Å²) in [6.45, 7) is 2.14. The van der Waals surface area contributed by atoms with Gasteiger partial charge in [0.05, 0.1) is 11.4 Å². The lowest BCUT2D eigenvalue weighted by atomic mass is 9.94. The Hall–Kier alpha value is -1.75. The van der Waals surface area contributed by atoms with Gasteiger partial charge in [0.25, 0.3) is 5.91 Å². The van der Waals surface area contributed by atoms with Crippen LogP contribution in [0.1, 0.15) is 29.6 Å². The third-order valence-electron chi connectivity index (χ3n) is 4.08. The zero-order valence-electron chi connectivity index (χ0n) is 12.9. The minimum absolute atomic E-state index is 0.0370. The highest BCUT2D eigenvalue weighted by molar-refractivity contribution is 5.95. The predicted octanol–water partition coefficient (Wildman–Crippen LogP) is 1.57. The van der Waals surface area contributed by atoms with E-state index in [4.69, 9.17) is 10.8 Å². The van der Waals surface area contributed by atoms with Crippen LogP contribution < -0.4 is 10.6 Å². The van der Waals surface area contributed by atoms with E-state index in [1.165, 1.54) is 0 Å². The van der Waals surface area contributed by atoms with Crippen molar-refractivity contribution in [2.75, 3.05) is 44.4 Å².